The number of hydrogen-bond donors (Lipinski definition) is 0. The molecular weight excluding hydrogens is 355 g/mol. The first kappa shape index (κ1) is 18.2. The summed E-state index contributed by atoms with van der Waals surface area (Å²) >= 11 is 0. The minimum Gasteiger partial charge on any atom is -0.383 e. The number of benzene rings is 1. The SMILES string of the molecule is CN(C)C=CC(=O)c1c(-c2ccc(F)cc2)nn2c(N3CCCC3)cccc12. The molecule has 0 bridgehead atoms. The molecule has 0 amide bonds. The Kier molecular flexibility index (Phi) is 4.86. The monoisotopic (exact) mass is 378 g/mol. The Balaban J connectivity index is 1.92. The van der Waals surface area contributed by atoms with Crippen molar-refractivity contribution in [1.82, 2.24) is 14.5 Å². The van der Waals surface area contributed by atoms with E-state index in [1.165, 1.54) is 12.1 Å². The number of allylic oxidation sites excluding steroid dienone is 1. The minimum atomic E-state index is -0.314. The van der Waals surface area contributed by atoms with E-state index in [9.17, 15) is 9.18 Å². The maximum absolute atomic E-state index is 13.4. The zero-order valence-electron chi connectivity index (χ0n) is 16.1. The quantitative estimate of drug-likeness (QED) is 0.497. The highest BCUT2D eigenvalue weighted by atomic mass is 19.1. The second-order valence-electron chi connectivity index (χ2n) is 7.25. The van der Waals surface area contributed by atoms with Crippen molar-refractivity contribution >= 4 is 17.1 Å². The minimum absolute atomic E-state index is 0.124. The standard InChI is InChI=1S/C22H23FN4O/c1-25(2)15-12-19(28)21-18-6-5-7-20(26-13-3-4-14-26)27(18)24-22(21)16-8-10-17(23)11-9-16/h5-12,15H,3-4,13-14H2,1-2H3. The van der Waals surface area contributed by atoms with Crippen LogP contribution in [0.25, 0.3) is 16.8 Å². The lowest BCUT2D eigenvalue weighted by Crippen LogP contribution is -2.20. The van der Waals surface area contributed by atoms with Gasteiger partial charge in [0.25, 0.3) is 0 Å². The van der Waals surface area contributed by atoms with Crippen LogP contribution in [-0.4, -0.2) is 47.5 Å². The molecule has 5 nitrogen and oxygen atoms in total. The molecule has 28 heavy (non-hydrogen) atoms. The van der Waals surface area contributed by atoms with E-state index < -0.39 is 0 Å². The summed E-state index contributed by atoms with van der Waals surface area (Å²) in [5.74, 6) is 0.543. The van der Waals surface area contributed by atoms with Crippen LogP contribution in [0.4, 0.5) is 10.2 Å². The Bertz CT molecular complexity index is 1030. The molecule has 144 valence electrons. The Hall–Kier alpha value is -3.15. The number of pyridine rings is 1. The normalized spacial score (nSPS) is 14.3. The van der Waals surface area contributed by atoms with Crippen LogP contribution >= 0.6 is 0 Å². The van der Waals surface area contributed by atoms with Crippen molar-refractivity contribution in [3.63, 3.8) is 0 Å². The molecule has 1 fully saturated rings. The second kappa shape index (κ2) is 7.46. The largest absolute Gasteiger partial charge is 0.383 e. The fraction of sp³-hybridized carbons (Fsp3) is 0.273. The Morgan fingerprint density at radius 2 is 1.82 bits per heavy atom. The van der Waals surface area contributed by atoms with E-state index in [-0.39, 0.29) is 11.6 Å². The van der Waals surface area contributed by atoms with Gasteiger partial charge in [-0.1, -0.05) is 6.07 Å². The molecule has 0 radical (unpaired) electrons. The summed E-state index contributed by atoms with van der Waals surface area (Å²) in [6.45, 7) is 1.96. The fourth-order valence-corrected chi connectivity index (χ4v) is 3.59. The highest BCUT2D eigenvalue weighted by Crippen LogP contribution is 2.31. The van der Waals surface area contributed by atoms with Gasteiger partial charge in [-0.15, -0.1) is 0 Å². The van der Waals surface area contributed by atoms with Gasteiger partial charge in [0.05, 0.1) is 11.1 Å². The topological polar surface area (TPSA) is 40.9 Å². The van der Waals surface area contributed by atoms with Crippen molar-refractivity contribution in [2.45, 2.75) is 12.8 Å². The molecule has 0 N–H and O–H groups in total. The smallest absolute Gasteiger partial charge is 0.191 e. The van der Waals surface area contributed by atoms with Gasteiger partial charge in [0.1, 0.15) is 17.3 Å². The molecule has 0 spiro atoms. The van der Waals surface area contributed by atoms with E-state index in [1.54, 1.807) is 24.4 Å². The average molecular weight is 378 g/mol. The number of nitrogens with zero attached hydrogens (tertiary/aromatic N) is 4. The maximum atomic E-state index is 13.4. The van der Waals surface area contributed by atoms with E-state index in [2.05, 4.69) is 4.90 Å². The number of carbonyl (C=O) groups is 1. The molecule has 3 aromatic rings. The summed E-state index contributed by atoms with van der Waals surface area (Å²) in [7, 11) is 3.73. The molecular formula is C22H23FN4O. The lowest BCUT2D eigenvalue weighted by molar-refractivity contribution is 0.104. The number of aromatic nitrogens is 2. The highest BCUT2D eigenvalue weighted by Gasteiger charge is 2.23. The molecule has 0 aliphatic carbocycles. The van der Waals surface area contributed by atoms with Crippen molar-refractivity contribution < 1.29 is 9.18 Å². The van der Waals surface area contributed by atoms with Crippen LogP contribution in [-0.2, 0) is 0 Å². The van der Waals surface area contributed by atoms with Gasteiger partial charge in [-0.3, -0.25) is 4.79 Å². The molecule has 0 unspecified atom stereocenters. The number of rotatable bonds is 5. The van der Waals surface area contributed by atoms with Gasteiger partial charge >= 0.3 is 0 Å². The number of fused-ring (bicyclic) bond motifs is 1. The van der Waals surface area contributed by atoms with E-state index in [0.717, 1.165) is 42.8 Å². The predicted octanol–water partition coefficient (Wildman–Crippen LogP) is 4.00. The van der Waals surface area contributed by atoms with Crippen LogP contribution in [0, 0.1) is 5.82 Å². The van der Waals surface area contributed by atoms with Crippen LogP contribution in [0.1, 0.15) is 23.2 Å². The lowest BCUT2D eigenvalue weighted by atomic mass is 10.0. The summed E-state index contributed by atoms with van der Waals surface area (Å²) in [5.41, 5.74) is 2.59. The zero-order valence-corrected chi connectivity index (χ0v) is 16.1. The fourth-order valence-electron chi connectivity index (χ4n) is 3.59. The first-order valence-corrected chi connectivity index (χ1v) is 9.46. The first-order valence-electron chi connectivity index (χ1n) is 9.46. The third-order valence-corrected chi connectivity index (χ3v) is 4.96. The van der Waals surface area contributed by atoms with Crippen LogP contribution in [0.5, 0.6) is 0 Å². The zero-order chi connectivity index (χ0) is 19.7. The molecule has 4 rings (SSSR count). The Morgan fingerprint density at radius 3 is 2.50 bits per heavy atom. The third-order valence-electron chi connectivity index (χ3n) is 4.96. The van der Waals surface area contributed by atoms with Crippen LogP contribution < -0.4 is 4.90 Å². The summed E-state index contributed by atoms with van der Waals surface area (Å²) in [6.07, 6.45) is 5.58. The number of anilines is 1. The van der Waals surface area contributed by atoms with Gasteiger partial charge in [0.15, 0.2) is 5.78 Å². The third kappa shape index (κ3) is 3.38. The molecule has 6 heteroatoms. The molecule has 0 saturated carbocycles. The number of ketones is 1. The predicted molar refractivity (Wildman–Crippen MR) is 109 cm³/mol. The summed E-state index contributed by atoms with van der Waals surface area (Å²) < 4.78 is 15.3. The second-order valence-corrected chi connectivity index (χ2v) is 7.25. The van der Waals surface area contributed by atoms with E-state index >= 15 is 0 Å². The molecule has 1 aliphatic rings. The highest BCUT2D eigenvalue weighted by molar-refractivity contribution is 6.13. The Labute approximate surface area is 163 Å². The van der Waals surface area contributed by atoms with Crippen molar-refractivity contribution in [3.05, 3.63) is 66.1 Å². The van der Waals surface area contributed by atoms with Gasteiger partial charge in [-0.05, 0) is 49.2 Å². The first-order chi connectivity index (χ1) is 13.5. The number of hydrogen-bond acceptors (Lipinski definition) is 4. The van der Waals surface area contributed by atoms with Crippen molar-refractivity contribution in [1.29, 1.82) is 0 Å². The van der Waals surface area contributed by atoms with Crippen molar-refractivity contribution in [2.75, 3.05) is 32.1 Å². The summed E-state index contributed by atoms with van der Waals surface area (Å²) in [4.78, 5) is 17.2. The van der Waals surface area contributed by atoms with Gasteiger partial charge in [-0.2, -0.15) is 5.10 Å². The van der Waals surface area contributed by atoms with Gasteiger partial charge in [0.2, 0.25) is 0 Å². The molecule has 1 aliphatic heterocycles. The number of halogens is 1. The van der Waals surface area contributed by atoms with E-state index in [1.807, 2.05) is 41.7 Å². The van der Waals surface area contributed by atoms with Crippen LogP contribution in [0.2, 0.25) is 0 Å². The lowest BCUT2D eigenvalue weighted by Gasteiger charge is -2.18. The maximum Gasteiger partial charge on any atom is 0.191 e. The van der Waals surface area contributed by atoms with E-state index in [0.29, 0.717) is 11.3 Å². The molecule has 1 saturated heterocycles. The number of carbonyl (C=O) groups excluding carboxylic acids is 1. The van der Waals surface area contributed by atoms with Gasteiger partial charge in [0, 0.05) is 45.0 Å². The van der Waals surface area contributed by atoms with Crippen LogP contribution in [0.15, 0.2) is 54.7 Å². The van der Waals surface area contributed by atoms with Gasteiger partial charge < -0.3 is 9.80 Å². The average Bonchev–Trinajstić information content (AvgIpc) is 3.34. The van der Waals surface area contributed by atoms with Gasteiger partial charge in [-0.25, -0.2) is 8.91 Å². The van der Waals surface area contributed by atoms with Crippen molar-refractivity contribution in [3.8, 4) is 11.3 Å². The molecule has 1 aromatic carbocycles. The van der Waals surface area contributed by atoms with E-state index in [4.69, 9.17) is 5.10 Å². The van der Waals surface area contributed by atoms with Crippen LogP contribution in [0.3, 0.4) is 0 Å². The summed E-state index contributed by atoms with van der Waals surface area (Å²) in [5, 5.41) is 4.79. The summed E-state index contributed by atoms with van der Waals surface area (Å²) in [6, 6.07) is 12.0. The molecule has 2 aromatic heterocycles. The molecule has 0 atom stereocenters. The Morgan fingerprint density at radius 1 is 1.11 bits per heavy atom. The molecule has 3 heterocycles. The van der Waals surface area contributed by atoms with Crippen molar-refractivity contribution in [2.24, 2.45) is 0 Å².